The molecule has 2 rings (SSSR count). The van der Waals surface area contributed by atoms with Crippen LogP contribution in [0.2, 0.25) is 5.02 Å². The zero-order valence-electron chi connectivity index (χ0n) is 9.01. The summed E-state index contributed by atoms with van der Waals surface area (Å²) >= 11 is 12.0. The highest BCUT2D eigenvalue weighted by molar-refractivity contribution is 6.30. The Hall–Kier alpha value is -0.660. The third kappa shape index (κ3) is 3.16. The predicted molar refractivity (Wildman–Crippen MR) is 68.3 cm³/mol. The molecule has 0 saturated heterocycles. The Morgan fingerprint density at radius 2 is 1.69 bits per heavy atom. The number of hydrogen-bond acceptors (Lipinski definition) is 1. The van der Waals surface area contributed by atoms with E-state index in [-0.39, 0.29) is 0 Å². The largest absolute Gasteiger partial charge is 0.489 e. The summed E-state index contributed by atoms with van der Waals surface area (Å²) in [5.74, 6) is 0.840. The lowest BCUT2D eigenvalue weighted by Gasteiger charge is -2.16. The average Bonchev–Trinajstić information content (AvgIpc) is 2.30. The van der Waals surface area contributed by atoms with E-state index in [9.17, 15) is 0 Å². The SMILES string of the molecule is ClC1=C(COc2ccc(Cl)cc2)CCCC1. The maximum atomic E-state index is 6.15. The van der Waals surface area contributed by atoms with Gasteiger partial charge in [-0.3, -0.25) is 0 Å². The minimum Gasteiger partial charge on any atom is -0.489 e. The molecule has 3 heteroatoms. The summed E-state index contributed by atoms with van der Waals surface area (Å²) in [6.45, 7) is 0.598. The van der Waals surface area contributed by atoms with Gasteiger partial charge in [-0.2, -0.15) is 0 Å². The van der Waals surface area contributed by atoms with E-state index >= 15 is 0 Å². The molecule has 0 heterocycles. The molecule has 16 heavy (non-hydrogen) atoms. The molecule has 0 unspecified atom stereocenters. The Kier molecular flexibility index (Phi) is 4.14. The van der Waals surface area contributed by atoms with Crippen LogP contribution in [0.4, 0.5) is 0 Å². The molecule has 0 saturated carbocycles. The number of halogens is 2. The van der Waals surface area contributed by atoms with Crippen molar-refractivity contribution in [1.29, 1.82) is 0 Å². The second-order valence-electron chi connectivity index (χ2n) is 3.96. The molecule has 1 aromatic carbocycles. The Labute approximate surface area is 106 Å². The number of benzene rings is 1. The summed E-state index contributed by atoms with van der Waals surface area (Å²) in [6, 6.07) is 7.40. The van der Waals surface area contributed by atoms with E-state index < -0.39 is 0 Å². The molecule has 0 spiro atoms. The second-order valence-corrected chi connectivity index (χ2v) is 4.85. The molecule has 0 radical (unpaired) electrons. The van der Waals surface area contributed by atoms with Crippen LogP contribution < -0.4 is 4.74 Å². The third-order valence-electron chi connectivity index (χ3n) is 2.74. The van der Waals surface area contributed by atoms with Crippen molar-refractivity contribution in [3.8, 4) is 5.75 Å². The van der Waals surface area contributed by atoms with Gasteiger partial charge >= 0.3 is 0 Å². The Morgan fingerprint density at radius 3 is 2.38 bits per heavy atom. The highest BCUT2D eigenvalue weighted by atomic mass is 35.5. The molecular weight excluding hydrogens is 243 g/mol. The van der Waals surface area contributed by atoms with Crippen molar-refractivity contribution in [2.45, 2.75) is 25.7 Å². The lowest BCUT2D eigenvalue weighted by atomic mass is 10.00. The van der Waals surface area contributed by atoms with Gasteiger partial charge < -0.3 is 4.74 Å². The van der Waals surface area contributed by atoms with E-state index in [0.717, 1.165) is 28.6 Å². The first-order chi connectivity index (χ1) is 7.75. The fourth-order valence-corrected chi connectivity index (χ4v) is 2.19. The Bertz CT molecular complexity index is 381. The van der Waals surface area contributed by atoms with Crippen molar-refractivity contribution >= 4 is 23.2 Å². The van der Waals surface area contributed by atoms with Crippen molar-refractivity contribution < 1.29 is 4.74 Å². The molecule has 0 N–H and O–H groups in total. The Balaban J connectivity index is 1.94. The smallest absolute Gasteiger partial charge is 0.119 e. The van der Waals surface area contributed by atoms with Crippen molar-refractivity contribution in [2.24, 2.45) is 0 Å². The maximum Gasteiger partial charge on any atom is 0.119 e. The quantitative estimate of drug-likeness (QED) is 0.756. The Morgan fingerprint density at radius 1 is 1.00 bits per heavy atom. The van der Waals surface area contributed by atoms with E-state index in [2.05, 4.69) is 0 Å². The number of allylic oxidation sites excluding steroid dienone is 1. The van der Waals surface area contributed by atoms with Gasteiger partial charge in [-0.15, -0.1) is 0 Å². The normalized spacial score (nSPS) is 16.4. The summed E-state index contributed by atoms with van der Waals surface area (Å²) in [5.41, 5.74) is 1.24. The minimum absolute atomic E-state index is 0.598. The van der Waals surface area contributed by atoms with Crippen LogP contribution in [-0.4, -0.2) is 6.61 Å². The molecule has 0 amide bonds. The van der Waals surface area contributed by atoms with E-state index in [1.54, 1.807) is 0 Å². The zero-order chi connectivity index (χ0) is 11.4. The van der Waals surface area contributed by atoms with Crippen molar-refractivity contribution in [2.75, 3.05) is 6.61 Å². The van der Waals surface area contributed by atoms with Crippen molar-refractivity contribution in [1.82, 2.24) is 0 Å². The van der Waals surface area contributed by atoms with E-state index in [0.29, 0.717) is 6.61 Å². The van der Waals surface area contributed by atoms with Crippen molar-refractivity contribution in [3.05, 3.63) is 39.9 Å². The van der Waals surface area contributed by atoms with Crippen molar-refractivity contribution in [3.63, 3.8) is 0 Å². The van der Waals surface area contributed by atoms with Crippen LogP contribution in [0.15, 0.2) is 34.9 Å². The van der Waals surface area contributed by atoms with Gasteiger partial charge in [-0.25, -0.2) is 0 Å². The minimum atomic E-state index is 0.598. The molecule has 0 aliphatic heterocycles. The first-order valence-corrected chi connectivity index (χ1v) is 6.26. The fourth-order valence-electron chi connectivity index (χ4n) is 1.78. The lowest BCUT2D eigenvalue weighted by molar-refractivity contribution is 0.342. The highest BCUT2D eigenvalue weighted by Crippen LogP contribution is 2.28. The van der Waals surface area contributed by atoms with Crippen LogP contribution >= 0.6 is 23.2 Å². The van der Waals surface area contributed by atoms with Gasteiger partial charge in [0, 0.05) is 10.1 Å². The molecule has 0 atom stereocenters. The predicted octanol–water partition coefficient (Wildman–Crippen LogP) is 4.79. The van der Waals surface area contributed by atoms with Crippen LogP contribution in [0, 0.1) is 0 Å². The molecule has 1 aliphatic carbocycles. The molecule has 1 nitrogen and oxygen atoms in total. The van der Waals surface area contributed by atoms with Crippen LogP contribution in [0.25, 0.3) is 0 Å². The molecule has 0 fully saturated rings. The van der Waals surface area contributed by atoms with E-state index in [4.69, 9.17) is 27.9 Å². The standard InChI is InChI=1S/C13H14Cl2O/c14-11-5-7-12(8-6-11)16-9-10-3-1-2-4-13(10)15/h5-8H,1-4,9H2. The summed E-state index contributed by atoms with van der Waals surface area (Å²) in [5, 5.41) is 1.71. The molecule has 0 aromatic heterocycles. The molecule has 1 aliphatic rings. The van der Waals surface area contributed by atoms with Gasteiger partial charge in [0.1, 0.15) is 12.4 Å². The van der Waals surface area contributed by atoms with Gasteiger partial charge in [-0.1, -0.05) is 23.2 Å². The maximum absolute atomic E-state index is 6.15. The first kappa shape index (κ1) is 11.8. The number of hydrogen-bond donors (Lipinski definition) is 0. The molecule has 0 bridgehead atoms. The monoisotopic (exact) mass is 256 g/mol. The summed E-state index contributed by atoms with van der Waals surface area (Å²) in [6.07, 6.45) is 4.48. The average molecular weight is 257 g/mol. The van der Waals surface area contributed by atoms with Crippen LogP contribution in [0.1, 0.15) is 25.7 Å². The van der Waals surface area contributed by atoms with E-state index in [1.807, 2.05) is 24.3 Å². The number of rotatable bonds is 3. The van der Waals surface area contributed by atoms with Gasteiger partial charge in [0.2, 0.25) is 0 Å². The molecule has 86 valence electrons. The zero-order valence-corrected chi connectivity index (χ0v) is 10.5. The first-order valence-electron chi connectivity index (χ1n) is 5.50. The highest BCUT2D eigenvalue weighted by Gasteiger charge is 2.11. The molecule has 1 aromatic rings. The summed E-state index contributed by atoms with van der Waals surface area (Å²) < 4.78 is 5.67. The van der Waals surface area contributed by atoms with Gasteiger partial charge in [0.25, 0.3) is 0 Å². The fraction of sp³-hybridized carbons (Fsp3) is 0.385. The summed E-state index contributed by atoms with van der Waals surface area (Å²) in [7, 11) is 0. The summed E-state index contributed by atoms with van der Waals surface area (Å²) in [4.78, 5) is 0. The van der Waals surface area contributed by atoms with E-state index in [1.165, 1.54) is 18.4 Å². The van der Waals surface area contributed by atoms with Crippen LogP contribution in [0.5, 0.6) is 5.75 Å². The topological polar surface area (TPSA) is 9.23 Å². The van der Waals surface area contributed by atoms with Gasteiger partial charge in [-0.05, 0) is 55.5 Å². The molecular formula is C13H14Cl2O. The second kappa shape index (κ2) is 5.60. The van der Waals surface area contributed by atoms with Crippen LogP contribution in [-0.2, 0) is 0 Å². The number of ether oxygens (including phenoxy) is 1. The lowest BCUT2D eigenvalue weighted by Crippen LogP contribution is -2.06. The van der Waals surface area contributed by atoms with Gasteiger partial charge in [0.05, 0.1) is 0 Å². The van der Waals surface area contributed by atoms with Crippen LogP contribution in [0.3, 0.4) is 0 Å². The third-order valence-corrected chi connectivity index (χ3v) is 3.44. The van der Waals surface area contributed by atoms with Gasteiger partial charge in [0.15, 0.2) is 0 Å².